The standard InChI is InChI=1S/C15H20FN5O2S/c16-12-7-10(1-2-13(12)20-5-3-18-4-6-20)21-11(8-19-14(17)24)9-23-15(21)22/h1-2,7,11,18H,3-6,8-9H2,(H3,17,19,24). The third-order valence-corrected chi connectivity index (χ3v) is 4.28. The minimum Gasteiger partial charge on any atom is -0.447 e. The second-order valence-electron chi connectivity index (χ2n) is 5.72. The summed E-state index contributed by atoms with van der Waals surface area (Å²) in [6.45, 7) is 3.71. The highest BCUT2D eigenvalue weighted by molar-refractivity contribution is 7.80. The first-order chi connectivity index (χ1) is 11.6. The average Bonchev–Trinajstić information content (AvgIpc) is 2.94. The van der Waals surface area contributed by atoms with Crippen LogP contribution in [0.4, 0.5) is 20.6 Å². The number of anilines is 2. The molecule has 1 atom stereocenters. The molecule has 130 valence electrons. The molecule has 2 heterocycles. The molecule has 1 aromatic carbocycles. The quantitative estimate of drug-likeness (QED) is 0.676. The van der Waals surface area contributed by atoms with Gasteiger partial charge in [-0.1, -0.05) is 0 Å². The molecule has 0 bridgehead atoms. The van der Waals surface area contributed by atoms with E-state index in [-0.39, 0.29) is 23.6 Å². The van der Waals surface area contributed by atoms with Crippen LogP contribution >= 0.6 is 12.2 Å². The third kappa shape index (κ3) is 3.51. The summed E-state index contributed by atoms with van der Waals surface area (Å²) >= 11 is 4.78. The molecule has 0 spiro atoms. The molecule has 2 saturated heterocycles. The number of halogens is 1. The van der Waals surface area contributed by atoms with E-state index in [1.807, 2.05) is 4.90 Å². The van der Waals surface area contributed by atoms with Gasteiger partial charge in [-0.3, -0.25) is 4.90 Å². The van der Waals surface area contributed by atoms with Gasteiger partial charge in [0.15, 0.2) is 5.11 Å². The lowest BCUT2D eigenvalue weighted by Gasteiger charge is -2.30. The fourth-order valence-electron chi connectivity index (χ4n) is 2.95. The number of hydrogen-bond donors (Lipinski definition) is 3. The van der Waals surface area contributed by atoms with E-state index in [0.717, 1.165) is 26.2 Å². The minimum atomic E-state index is -0.501. The maximum absolute atomic E-state index is 14.6. The zero-order valence-corrected chi connectivity index (χ0v) is 13.9. The number of carbonyl (C=O) groups excluding carboxylic acids is 1. The van der Waals surface area contributed by atoms with Gasteiger partial charge in [0, 0.05) is 32.7 Å². The van der Waals surface area contributed by atoms with Gasteiger partial charge in [-0.25, -0.2) is 9.18 Å². The molecule has 2 aliphatic heterocycles. The summed E-state index contributed by atoms with van der Waals surface area (Å²) < 4.78 is 19.6. The molecule has 0 radical (unpaired) electrons. The summed E-state index contributed by atoms with van der Waals surface area (Å²) in [5, 5.41) is 6.19. The Labute approximate surface area is 144 Å². The molecule has 2 fully saturated rings. The van der Waals surface area contributed by atoms with E-state index in [9.17, 15) is 9.18 Å². The van der Waals surface area contributed by atoms with Crippen molar-refractivity contribution in [2.45, 2.75) is 6.04 Å². The Morgan fingerprint density at radius 2 is 2.21 bits per heavy atom. The van der Waals surface area contributed by atoms with E-state index in [1.54, 1.807) is 12.1 Å². The van der Waals surface area contributed by atoms with Gasteiger partial charge in [0.1, 0.15) is 12.4 Å². The zero-order chi connectivity index (χ0) is 17.1. The van der Waals surface area contributed by atoms with Crippen molar-refractivity contribution in [2.24, 2.45) is 5.73 Å². The monoisotopic (exact) mass is 353 g/mol. The van der Waals surface area contributed by atoms with Crippen LogP contribution < -0.4 is 26.2 Å². The number of rotatable bonds is 4. The predicted octanol–water partition coefficient (Wildman–Crippen LogP) is 0.394. The van der Waals surface area contributed by atoms with E-state index in [0.29, 0.717) is 17.9 Å². The zero-order valence-electron chi connectivity index (χ0n) is 13.1. The van der Waals surface area contributed by atoms with Crippen molar-refractivity contribution < 1.29 is 13.9 Å². The normalized spacial score (nSPS) is 20.9. The van der Waals surface area contributed by atoms with Gasteiger partial charge in [0.25, 0.3) is 0 Å². The van der Waals surface area contributed by atoms with Gasteiger partial charge in [-0.05, 0) is 30.4 Å². The molecule has 3 rings (SSSR count). The maximum atomic E-state index is 14.6. The van der Waals surface area contributed by atoms with Crippen LogP contribution in [-0.4, -0.2) is 56.6 Å². The van der Waals surface area contributed by atoms with Crippen molar-refractivity contribution in [3.05, 3.63) is 24.0 Å². The Bertz CT molecular complexity index is 638. The molecule has 0 aromatic heterocycles. The lowest BCUT2D eigenvalue weighted by Crippen LogP contribution is -2.44. The summed E-state index contributed by atoms with van der Waals surface area (Å²) in [4.78, 5) is 15.4. The Morgan fingerprint density at radius 1 is 1.46 bits per heavy atom. The number of benzene rings is 1. The van der Waals surface area contributed by atoms with Gasteiger partial charge in [-0.15, -0.1) is 0 Å². The number of nitrogens with zero attached hydrogens (tertiary/aromatic N) is 2. The van der Waals surface area contributed by atoms with Gasteiger partial charge in [0.2, 0.25) is 0 Å². The molecule has 0 saturated carbocycles. The van der Waals surface area contributed by atoms with Crippen molar-refractivity contribution in [1.82, 2.24) is 10.6 Å². The molecule has 9 heteroatoms. The summed E-state index contributed by atoms with van der Waals surface area (Å²) in [6.07, 6.45) is -0.501. The van der Waals surface area contributed by atoms with Gasteiger partial charge in [-0.2, -0.15) is 0 Å². The molecular weight excluding hydrogens is 333 g/mol. The Kier molecular flexibility index (Phi) is 5.00. The first-order valence-corrected chi connectivity index (χ1v) is 8.21. The first kappa shape index (κ1) is 16.7. The Morgan fingerprint density at radius 3 is 2.88 bits per heavy atom. The molecule has 1 aromatic rings. The fourth-order valence-corrected chi connectivity index (χ4v) is 3.04. The third-order valence-electron chi connectivity index (χ3n) is 4.14. The van der Waals surface area contributed by atoms with Crippen LogP contribution in [-0.2, 0) is 4.74 Å². The number of carbonyl (C=O) groups is 1. The topological polar surface area (TPSA) is 82.9 Å². The second-order valence-corrected chi connectivity index (χ2v) is 6.16. The number of ether oxygens (including phenoxy) is 1. The second kappa shape index (κ2) is 7.18. The van der Waals surface area contributed by atoms with Gasteiger partial charge < -0.3 is 26.0 Å². The molecular formula is C15H20FN5O2S. The maximum Gasteiger partial charge on any atom is 0.414 e. The summed E-state index contributed by atoms with van der Waals surface area (Å²) in [5.41, 5.74) is 6.43. The largest absolute Gasteiger partial charge is 0.447 e. The number of piperazine rings is 1. The van der Waals surface area contributed by atoms with Crippen LogP contribution in [0.2, 0.25) is 0 Å². The SMILES string of the molecule is NC(=S)NCC1COC(=O)N1c1ccc(N2CCNCC2)c(F)c1. The highest BCUT2D eigenvalue weighted by Crippen LogP contribution is 2.28. The van der Waals surface area contributed by atoms with Crippen molar-refractivity contribution in [3.8, 4) is 0 Å². The highest BCUT2D eigenvalue weighted by Gasteiger charge is 2.34. The molecule has 24 heavy (non-hydrogen) atoms. The molecule has 1 unspecified atom stereocenters. The molecule has 1 amide bonds. The lowest BCUT2D eigenvalue weighted by molar-refractivity contribution is 0.179. The number of nitrogens with one attached hydrogen (secondary N) is 2. The van der Waals surface area contributed by atoms with E-state index >= 15 is 0 Å². The first-order valence-electron chi connectivity index (χ1n) is 7.81. The van der Waals surface area contributed by atoms with Crippen molar-refractivity contribution >= 4 is 34.8 Å². The number of thiocarbonyl (C=S) groups is 1. The van der Waals surface area contributed by atoms with Crippen LogP contribution in [0.25, 0.3) is 0 Å². The summed E-state index contributed by atoms with van der Waals surface area (Å²) in [6, 6.07) is 4.53. The molecule has 4 N–H and O–H groups in total. The minimum absolute atomic E-state index is 0.148. The van der Waals surface area contributed by atoms with Crippen LogP contribution in [0.15, 0.2) is 18.2 Å². The van der Waals surface area contributed by atoms with Crippen molar-refractivity contribution in [3.63, 3.8) is 0 Å². The number of nitrogens with two attached hydrogens (primary N) is 1. The summed E-state index contributed by atoms with van der Waals surface area (Å²) in [7, 11) is 0. The van der Waals surface area contributed by atoms with E-state index < -0.39 is 6.09 Å². The summed E-state index contributed by atoms with van der Waals surface area (Å²) in [5.74, 6) is -0.352. The molecule has 0 aliphatic carbocycles. The molecule has 7 nitrogen and oxygen atoms in total. The van der Waals surface area contributed by atoms with Crippen LogP contribution in [0.5, 0.6) is 0 Å². The number of amides is 1. The highest BCUT2D eigenvalue weighted by atomic mass is 32.1. The fraction of sp³-hybridized carbons (Fsp3) is 0.467. The van der Waals surface area contributed by atoms with E-state index in [4.69, 9.17) is 22.7 Å². The lowest BCUT2D eigenvalue weighted by atomic mass is 10.2. The van der Waals surface area contributed by atoms with Crippen LogP contribution in [0, 0.1) is 5.82 Å². The predicted molar refractivity (Wildman–Crippen MR) is 93.9 cm³/mol. The Balaban J connectivity index is 1.78. The average molecular weight is 353 g/mol. The van der Waals surface area contributed by atoms with Crippen LogP contribution in [0.1, 0.15) is 0 Å². The Hall–Kier alpha value is -2.13. The number of cyclic esters (lactones) is 1. The van der Waals surface area contributed by atoms with Crippen molar-refractivity contribution in [1.29, 1.82) is 0 Å². The van der Waals surface area contributed by atoms with Crippen LogP contribution in [0.3, 0.4) is 0 Å². The van der Waals surface area contributed by atoms with Crippen molar-refractivity contribution in [2.75, 3.05) is 49.1 Å². The van der Waals surface area contributed by atoms with E-state index in [1.165, 1.54) is 11.0 Å². The van der Waals surface area contributed by atoms with Gasteiger partial charge >= 0.3 is 6.09 Å². The molecule has 2 aliphatic rings. The van der Waals surface area contributed by atoms with E-state index in [2.05, 4.69) is 10.6 Å². The smallest absolute Gasteiger partial charge is 0.414 e. The number of hydrogen-bond acceptors (Lipinski definition) is 5. The van der Waals surface area contributed by atoms with Gasteiger partial charge in [0.05, 0.1) is 17.4 Å².